The Kier molecular flexibility index (Phi) is 3.58. The molecule has 0 radical (unpaired) electrons. The molecule has 0 saturated carbocycles. The first kappa shape index (κ1) is 10.4. The fourth-order valence-corrected chi connectivity index (χ4v) is 1.25. The Morgan fingerprint density at radius 2 is 1.92 bits per heavy atom. The summed E-state index contributed by atoms with van der Waals surface area (Å²) in [6.07, 6.45) is 0. The fraction of sp³-hybridized carbons (Fsp3) is 0.222. The van der Waals surface area contributed by atoms with Gasteiger partial charge in [-0.05, 0) is 17.7 Å². The number of hydrogen-bond acceptors (Lipinski definition) is 1. The average molecular weight is 219 g/mol. The van der Waals surface area contributed by atoms with Crippen LogP contribution in [-0.4, -0.2) is 17.0 Å². The van der Waals surface area contributed by atoms with Gasteiger partial charge in [0.2, 0.25) is 0 Å². The molecule has 1 aromatic carbocycles. The van der Waals surface area contributed by atoms with Crippen molar-refractivity contribution >= 4 is 29.2 Å². The van der Waals surface area contributed by atoms with Gasteiger partial charge in [0.25, 0.3) is 0 Å². The summed E-state index contributed by atoms with van der Waals surface area (Å²) in [5.41, 5.74) is 1.09. The molecule has 0 unspecified atom stereocenters. The lowest BCUT2D eigenvalue weighted by Crippen LogP contribution is -1.97. The summed E-state index contributed by atoms with van der Waals surface area (Å²) in [7, 11) is 0. The Hall–Kier alpha value is -0.730. The normalized spacial score (nSPS) is 12.5. The van der Waals surface area contributed by atoms with Crippen molar-refractivity contribution in [2.45, 2.75) is 5.38 Å². The van der Waals surface area contributed by atoms with E-state index in [1.54, 1.807) is 12.1 Å². The first-order valence-electron chi connectivity index (χ1n) is 3.68. The van der Waals surface area contributed by atoms with E-state index in [2.05, 4.69) is 0 Å². The van der Waals surface area contributed by atoms with Crippen LogP contribution in [0.2, 0.25) is 0 Å². The summed E-state index contributed by atoms with van der Waals surface area (Å²) in [5.74, 6) is -0.628. The van der Waals surface area contributed by atoms with Gasteiger partial charge in [0.05, 0.1) is 10.9 Å². The maximum atomic E-state index is 10.5. The average Bonchev–Trinajstić information content (AvgIpc) is 2.17. The Bertz CT molecular complexity index is 295. The van der Waals surface area contributed by atoms with Gasteiger partial charge in [-0.3, -0.25) is 0 Å². The summed E-state index contributed by atoms with van der Waals surface area (Å²) in [4.78, 5) is 10.5. The van der Waals surface area contributed by atoms with E-state index in [0.29, 0.717) is 5.88 Å². The van der Waals surface area contributed by atoms with E-state index < -0.39 is 5.97 Å². The quantitative estimate of drug-likeness (QED) is 0.793. The molecule has 0 aliphatic heterocycles. The zero-order valence-corrected chi connectivity index (χ0v) is 8.22. The Balaban J connectivity index is 2.87. The molecule has 0 aliphatic carbocycles. The van der Waals surface area contributed by atoms with Gasteiger partial charge in [0.15, 0.2) is 0 Å². The summed E-state index contributed by atoms with van der Waals surface area (Å²) in [5, 5.41) is 8.35. The van der Waals surface area contributed by atoms with Gasteiger partial charge in [-0.15, -0.1) is 23.2 Å². The molecule has 4 heteroatoms. The highest BCUT2D eigenvalue weighted by Crippen LogP contribution is 2.21. The number of carboxylic acids is 1. The highest BCUT2D eigenvalue weighted by molar-refractivity contribution is 6.28. The van der Waals surface area contributed by atoms with Crippen molar-refractivity contribution < 1.29 is 9.90 Å². The molecular formula is C9H8Cl2O2. The van der Waals surface area contributed by atoms with Crippen LogP contribution in [-0.2, 0) is 0 Å². The van der Waals surface area contributed by atoms with Gasteiger partial charge in [-0.1, -0.05) is 12.1 Å². The number of halogens is 2. The minimum absolute atomic E-state index is 0.252. The van der Waals surface area contributed by atoms with Crippen molar-refractivity contribution in [3.8, 4) is 0 Å². The Morgan fingerprint density at radius 3 is 2.31 bits per heavy atom. The molecule has 0 amide bonds. The molecule has 0 spiro atoms. The monoisotopic (exact) mass is 218 g/mol. The molecule has 2 nitrogen and oxygen atoms in total. The second kappa shape index (κ2) is 4.49. The lowest BCUT2D eigenvalue weighted by Gasteiger charge is -2.05. The molecule has 0 aromatic heterocycles. The van der Waals surface area contributed by atoms with E-state index in [1.165, 1.54) is 12.1 Å². The molecule has 0 aliphatic rings. The van der Waals surface area contributed by atoms with E-state index in [-0.39, 0.29) is 10.9 Å². The van der Waals surface area contributed by atoms with Crippen LogP contribution >= 0.6 is 23.2 Å². The smallest absolute Gasteiger partial charge is 0.335 e. The van der Waals surface area contributed by atoms with Crippen molar-refractivity contribution in [3.63, 3.8) is 0 Å². The van der Waals surface area contributed by atoms with E-state index in [0.717, 1.165) is 5.56 Å². The highest BCUT2D eigenvalue weighted by atomic mass is 35.5. The van der Waals surface area contributed by atoms with Crippen LogP contribution in [0.25, 0.3) is 0 Å². The molecule has 0 bridgehead atoms. The number of benzene rings is 1. The van der Waals surface area contributed by atoms with Gasteiger partial charge in [-0.25, -0.2) is 4.79 Å². The summed E-state index contributed by atoms with van der Waals surface area (Å²) in [6.45, 7) is 0. The van der Waals surface area contributed by atoms with Crippen molar-refractivity contribution in [3.05, 3.63) is 35.4 Å². The van der Waals surface area contributed by atoms with Crippen LogP contribution in [0.5, 0.6) is 0 Å². The number of alkyl halides is 2. The Morgan fingerprint density at radius 1 is 1.38 bits per heavy atom. The lowest BCUT2D eigenvalue weighted by molar-refractivity contribution is 0.0697. The van der Waals surface area contributed by atoms with Gasteiger partial charge in [0.1, 0.15) is 0 Å². The maximum absolute atomic E-state index is 10.5. The molecule has 0 fully saturated rings. The van der Waals surface area contributed by atoms with Crippen molar-refractivity contribution in [2.75, 3.05) is 5.88 Å². The lowest BCUT2D eigenvalue weighted by atomic mass is 10.1. The zero-order chi connectivity index (χ0) is 9.84. The van der Waals surface area contributed by atoms with E-state index in [1.807, 2.05) is 0 Å². The predicted molar refractivity (Wildman–Crippen MR) is 52.7 cm³/mol. The third-order valence-electron chi connectivity index (χ3n) is 1.65. The van der Waals surface area contributed by atoms with Crippen LogP contribution in [0.1, 0.15) is 21.3 Å². The minimum atomic E-state index is -0.941. The molecule has 13 heavy (non-hydrogen) atoms. The second-order valence-electron chi connectivity index (χ2n) is 2.55. The van der Waals surface area contributed by atoms with Gasteiger partial charge >= 0.3 is 5.97 Å². The number of rotatable bonds is 3. The SMILES string of the molecule is O=C(O)c1ccc([C@H](Cl)CCl)cc1. The first-order chi connectivity index (χ1) is 6.15. The second-order valence-corrected chi connectivity index (χ2v) is 3.38. The zero-order valence-electron chi connectivity index (χ0n) is 6.71. The number of carboxylic acid groups (broad SMARTS) is 1. The number of carbonyl (C=O) groups is 1. The van der Waals surface area contributed by atoms with Gasteiger partial charge in [-0.2, -0.15) is 0 Å². The van der Waals surface area contributed by atoms with Crippen LogP contribution in [0, 0.1) is 0 Å². The molecule has 1 rings (SSSR count). The van der Waals surface area contributed by atoms with Crippen LogP contribution in [0.15, 0.2) is 24.3 Å². The highest BCUT2D eigenvalue weighted by Gasteiger charge is 2.07. The van der Waals surface area contributed by atoms with Crippen LogP contribution in [0.4, 0.5) is 0 Å². The molecule has 1 aromatic rings. The molecule has 1 N–H and O–H groups in total. The predicted octanol–water partition coefficient (Wildman–Crippen LogP) is 2.90. The third kappa shape index (κ3) is 2.61. The number of aromatic carboxylic acids is 1. The molecule has 1 atom stereocenters. The summed E-state index contributed by atoms with van der Waals surface area (Å²) < 4.78 is 0. The molecular weight excluding hydrogens is 211 g/mol. The van der Waals surface area contributed by atoms with E-state index in [9.17, 15) is 4.79 Å². The Labute approximate surface area is 86.1 Å². The van der Waals surface area contributed by atoms with Gasteiger partial charge < -0.3 is 5.11 Å². The molecule has 0 saturated heterocycles. The van der Waals surface area contributed by atoms with Crippen molar-refractivity contribution in [1.82, 2.24) is 0 Å². The standard InChI is InChI=1S/C9H8Cl2O2/c10-5-8(11)6-1-3-7(4-2-6)9(12)13/h1-4,8H,5H2,(H,12,13)/t8-/m1/s1. The topological polar surface area (TPSA) is 37.3 Å². The largest absolute Gasteiger partial charge is 0.478 e. The van der Waals surface area contributed by atoms with Gasteiger partial charge in [0, 0.05) is 5.88 Å². The first-order valence-corrected chi connectivity index (χ1v) is 4.65. The van der Waals surface area contributed by atoms with E-state index in [4.69, 9.17) is 28.3 Å². The van der Waals surface area contributed by atoms with Crippen molar-refractivity contribution in [2.24, 2.45) is 0 Å². The molecule has 0 heterocycles. The van der Waals surface area contributed by atoms with Crippen LogP contribution in [0.3, 0.4) is 0 Å². The molecule has 70 valence electrons. The summed E-state index contributed by atoms with van der Waals surface area (Å²) >= 11 is 11.4. The van der Waals surface area contributed by atoms with Crippen molar-refractivity contribution in [1.29, 1.82) is 0 Å². The minimum Gasteiger partial charge on any atom is -0.478 e. The maximum Gasteiger partial charge on any atom is 0.335 e. The third-order valence-corrected chi connectivity index (χ3v) is 2.53. The fourth-order valence-electron chi connectivity index (χ4n) is 0.924. The summed E-state index contributed by atoms with van der Waals surface area (Å²) in [6, 6.07) is 6.37. The number of hydrogen-bond donors (Lipinski definition) is 1. The van der Waals surface area contributed by atoms with Crippen LogP contribution < -0.4 is 0 Å². The van der Waals surface area contributed by atoms with E-state index >= 15 is 0 Å².